The molecule has 0 radical (unpaired) electrons. The van der Waals surface area contributed by atoms with Gasteiger partial charge in [0.15, 0.2) is 4.34 Å². The highest BCUT2D eigenvalue weighted by Gasteiger charge is 2.13. The summed E-state index contributed by atoms with van der Waals surface area (Å²) in [5.41, 5.74) is 6.61. The molecule has 0 aliphatic carbocycles. The number of nitrogens with zero attached hydrogens (tertiary/aromatic N) is 2. The zero-order chi connectivity index (χ0) is 14.5. The minimum Gasteiger partial charge on any atom is -0.462 e. The summed E-state index contributed by atoms with van der Waals surface area (Å²) in [6.07, 6.45) is 0.812. The minimum absolute atomic E-state index is 0.325. The van der Waals surface area contributed by atoms with Crippen LogP contribution in [-0.4, -0.2) is 21.9 Å². The normalized spacial score (nSPS) is 10.5. The lowest BCUT2D eigenvalue weighted by molar-refractivity contribution is 0.0527. The Hall–Kier alpha value is -1.60. The van der Waals surface area contributed by atoms with E-state index in [2.05, 4.69) is 9.36 Å². The first-order valence-electron chi connectivity index (χ1n) is 6.21. The highest BCUT2D eigenvalue weighted by atomic mass is 32.2. The quantitative estimate of drug-likeness (QED) is 0.675. The molecule has 2 N–H and O–H groups in total. The predicted octanol–water partition coefficient (Wildman–Crippen LogP) is 3.01. The van der Waals surface area contributed by atoms with Gasteiger partial charge in [-0.05, 0) is 36.7 Å². The lowest BCUT2D eigenvalue weighted by Crippen LogP contribution is -2.07. The maximum atomic E-state index is 11.8. The van der Waals surface area contributed by atoms with Gasteiger partial charge in [-0.2, -0.15) is 4.37 Å². The molecule has 0 atom stereocenters. The molecular formula is C13H15N3O2S2. The van der Waals surface area contributed by atoms with Crippen molar-refractivity contribution < 1.29 is 9.53 Å². The first kappa shape index (κ1) is 14.8. The Bertz CT molecular complexity index is 613. The van der Waals surface area contributed by atoms with E-state index in [1.165, 1.54) is 23.3 Å². The molecule has 2 rings (SSSR count). The van der Waals surface area contributed by atoms with Crippen molar-refractivity contribution >= 4 is 35.0 Å². The number of carbonyl (C=O) groups is 1. The van der Waals surface area contributed by atoms with Gasteiger partial charge in [0.25, 0.3) is 0 Å². The van der Waals surface area contributed by atoms with Gasteiger partial charge in [0.1, 0.15) is 5.82 Å². The van der Waals surface area contributed by atoms with Gasteiger partial charge < -0.3 is 10.5 Å². The molecule has 7 heteroatoms. The molecule has 0 aliphatic heterocycles. The summed E-state index contributed by atoms with van der Waals surface area (Å²) < 4.78 is 10.1. The maximum absolute atomic E-state index is 11.8. The van der Waals surface area contributed by atoms with Crippen LogP contribution >= 0.6 is 23.3 Å². The van der Waals surface area contributed by atoms with Crippen LogP contribution in [0.3, 0.4) is 0 Å². The van der Waals surface area contributed by atoms with Crippen molar-refractivity contribution in [1.82, 2.24) is 9.36 Å². The number of nitrogen functional groups attached to an aromatic ring is 1. The SMILES string of the molecule is CCOC(=O)c1cc(Sc2nc(CC)ns2)ccc1N. The molecule has 0 unspecified atom stereocenters. The van der Waals surface area contributed by atoms with E-state index in [9.17, 15) is 4.79 Å². The first-order valence-corrected chi connectivity index (χ1v) is 7.80. The van der Waals surface area contributed by atoms with Crippen LogP contribution in [0.1, 0.15) is 30.0 Å². The number of hydrogen-bond acceptors (Lipinski definition) is 7. The van der Waals surface area contributed by atoms with Crippen molar-refractivity contribution in [1.29, 1.82) is 0 Å². The number of hydrogen-bond donors (Lipinski definition) is 1. The van der Waals surface area contributed by atoms with Crippen molar-refractivity contribution in [3.63, 3.8) is 0 Å². The molecule has 0 fully saturated rings. The number of aromatic nitrogens is 2. The predicted molar refractivity (Wildman–Crippen MR) is 80.2 cm³/mol. The molecule has 1 aromatic heterocycles. The van der Waals surface area contributed by atoms with E-state index in [1.807, 2.05) is 13.0 Å². The zero-order valence-corrected chi connectivity index (χ0v) is 12.9. The second-order valence-electron chi connectivity index (χ2n) is 3.90. The summed E-state index contributed by atoms with van der Waals surface area (Å²) in [6, 6.07) is 5.29. The van der Waals surface area contributed by atoms with Gasteiger partial charge in [0.2, 0.25) is 0 Å². The van der Waals surface area contributed by atoms with E-state index in [0.717, 1.165) is 21.5 Å². The van der Waals surface area contributed by atoms with Crippen LogP contribution in [0.2, 0.25) is 0 Å². The van der Waals surface area contributed by atoms with E-state index in [0.29, 0.717) is 17.9 Å². The van der Waals surface area contributed by atoms with E-state index >= 15 is 0 Å². The first-order chi connectivity index (χ1) is 9.63. The largest absolute Gasteiger partial charge is 0.462 e. The third-order valence-corrected chi connectivity index (χ3v) is 4.27. The average Bonchev–Trinajstić information content (AvgIpc) is 2.89. The number of carbonyl (C=O) groups excluding carboxylic acids is 1. The third kappa shape index (κ3) is 3.49. The number of ether oxygens (including phenoxy) is 1. The molecule has 0 saturated heterocycles. The van der Waals surface area contributed by atoms with Crippen LogP contribution in [0.15, 0.2) is 27.4 Å². The van der Waals surface area contributed by atoms with E-state index < -0.39 is 5.97 Å². The van der Waals surface area contributed by atoms with Gasteiger partial charge in [-0.3, -0.25) is 0 Å². The van der Waals surface area contributed by atoms with Crippen LogP contribution < -0.4 is 5.73 Å². The number of esters is 1. The summed E-state index contributed by atoms with van der Waals surface area (Å²) in [6.45, 7) is 4.10. The molecule has 20 heavy (non-hydrogen) atoms. The van der Waals surface area contributed by atoms with Crippen molar-refractivity contribution in [3.05, 3.63) is 29.6 Å². The highest BCUT2D eigenvalue weighted by molar-refractivity contribution is 8.01. The van der Waals surface area contributed by atoms with Crippen LogP contribution in [-0.2, 0) is 11.2 Å². The minimum atomic E-state index is -0.404. The summed E-state index contributed by atoms with van der Waals surface area (Å²) in [5.74, 6) is 0.428. The number of anilines is 1. The topological polar surface area (TPSA) is 78.1 Å². The fourth-order valence-electron chi connectivity index (χ4n) is 1.51. The number of nitrogens with two attached hydrogens (primary N) is 1. The van der Waals surface area contributed by atoms with Crippen LogP contribution in [0.25, 0.3) is 0 Å². The van der Waals surface area contributed by atoms with E-state index in [4.69, 9.17) is 10.5 Å². The van der Waals surface area contributed by atoms with Gasteiger partial charge in [-0.15, -0.1) is 0 Å². The van der Waals surface area contributed by atoms with Gasteiger partial charge in [0, 0.05) is 17.0 Å². The van der Waals surface area contributed by atoms with Gasteiger partial charge in [-0.25, -0.2) is 9.78 Å². The number of benzene rings is 1. The summed E-state index contributed by atoms with van der Waals surface area (Å²) in [5, 5.41) is 0. The Kier molecular flexibility index (Phi) is 4.97. The number of rotatable bonds is 5. The Morgan fingerprint density at radius 2 is 2.25 bits per heavy atom. The van der Waals surface area contributed by atoms with Crippen molar-refractivity contribution in [2.75, 3.05) is 12.3 Å². The fraction of sp³-hybridized carbons (Fsp3) is 0.308. The van der Waals surface area contributed by atoms with Crippen LogP contribution in [0.5, 0.6) is 0 Å². The fourth-order valence-corrected chi connectivity index (χ4v) is 3.22. The molecule has 1 heterocycles. The second kappa shape index (κ2) is 6.71. The van der Waals surface area contributed by atoms with Gasteiger partial charge in [-0.1, -0.05) is 18.7 Å². The standard InChI is InChI=1S/C13H15N3O2S2/c1-3-11-15-13(20-16-11)19-8-5-6-10(14)9(7-8)12(17)18-4-2/h5-7H,3-4,14H2,1-2H3. The van der Waals surface area contributed by atoms with Gasteiger partial charge in [0.05, 0.1) is 12.2 Å². The molecule has 0 spiro atoms. The van der Waals surface area contributed by atoms with Crippen molar-refractivity contribution in [3.8, 4) is 0 Å². The lowest BCUT2D eigenvalue weighted by Gasteiger charge is -2.06. The van der Waals surface area contributed by atoms with E-state index in [-0.39, 0.29) is 0 Å². The molecule has 0 bridgehead atoms. The Morgan fingerprint density at radius 1 is 1.45 bits per heavy atom. The summed E-state index contributed by atoms with van der Waals surface area (Å²) in [4.78, 5) is 17.1. The monoisotopic (exact) mass is 309 g/mol. The lowest BCUT2D eigenvalue weighted by atomic mass is 10.2. The molecule has 5 nitrogen and oxygen atoms in total. The van der Waals surface area contributed by atoms with Crippen molar-refractivity contribution in [2.45, 2.75) is 29.5 Å². The zero-order valence-electron chi connectivity index (χ0n) is 11.3. The van der Waals surface area contributed by atoms with Crippen molar-refractivity contribution in [2.24, 2.45) is 0 Å². The number of aryl methyl sites for hydroxylation is 1. The molecule has 0 saturated carbocycles. The maximum Gasteiger partial charge on any atom is 0.340 e. The molecule has 2 aromatic rings. The molecule has 1 aromatic carbocycles. The average molecular weight is 309 g/mol. The van der Waals surface area contributed by atoms with Crippen LogP contribution in [0.4, 0.5) is 5.69 Å². The highest BCUT2D eigenvalue weighted by Crippen LogP contribution is 2.31. The van der Waals surface area contributed by atoms with Crippen LogP contribution in [0, 0.1) is 0 Å². The molecular weight excluding hydrogens is 294 g/mol. The smallest absolute Gasteiger partial charge is 0.340 e. The Labute approximate surface area is 125 Å². The Balaban J connectivity index is 2.20. The Morgan fingerprint density at radius 3 is 2.90 bits per heavy atom. The summed E-state index contributed by atoms with van der Waals surface area (Å²) in [7, 11) is 0. The third-order valence-electron chi connectivity index (χ3n) is 2.49. The molecule has 0 amide bonds. The second-order valence-corrected chi connectivity index (χ2v) is 5.97. The molecule has 106 valence electrons. The van der Waals surface area contributed by atoms with Gasteiger partial charge >= 0.3 is 5.97 Å². The summed E-state index contributed by atoms with van der Waals surface area (Å²) >= 11 is 2.82. The molecule has 0 aliphatic rings. The van der Waals surface area contributed by atoms with E-state index in [1.54, 1.807) is 19.1 Å².